The first-order valence-electron chi connectivity index (χ1n) is 9.41. The van der Waals surface area contributed by atoms with E-state index in [1.54, 1.807) is 0 Å². The molecule has 1 aliphatic rings. The highest BCUT2D eigenvalue weighted by molar-refractivity contribution is 14.0. The number of hydrogen-bond acceptors (Lipinski definition) is 3. The molecule has 1 aromatic rings. The molecule has 0 saturated carbocycles. The van der Waals surface area contributed by atoms with E-state index in [1.807, 2.05) is 6.20 Å². The lowest BCUT2D eigenvalue weighted by molar-refractivity contribution is 0.615. The lowest BCUT2D eigenvalue weighted by Crippen LogP contribution is -2.39. The minimum Gasteiger partial charge on any atom is -0.357 e. The highest BCUT2D eigenvalue weighted by Gasteiger charge is 2.10. The molecule has 6 heteroatoms. The van der Waals surface area contributed by atoms with Crippen molar-refractivity contribution in [1.29, 1.82) is 0 Å². The summed E-state index contributed by atoms with van der Waals surface area (Å²) in [4.78, 5) is 11.7. The Morgan fingerprint density at radius 2 is 1.88 bits per heavy atom. The second-order valence-electron chi connectivity index (χ2n) is 6.90. The Balaban J connectivity index is 0.00000312. The van der Waals surface area contributed by atoms with Gasteiger partial charge in [-0.2, -0.15) is 0 Å². The smallest absolute Gasteiger partial charge is 0.191 e. The van der Waals surface area contributed by atoms with Crippen LogP contribution in [0.1, 0.15) is 52.0 Å². The second-order valence-corrected chi connectivity index (χ2v) is 6.90. The van der Waals surface area contributed by atoms with E-state index in [2.05, 4.69) is 58.4 Å². The van der Waals surface area contributed by atoms with Crippen molar-refractivity contribution >= 4 is 35.8 Å². The molecule has 0 aromatic carbocycles. The van der Waals surface area contributed by atoms with Crippen LogP contribution in [0.5, 0.6) is 0 Å². The predicted octanol–water partition coefficient (Wildman–Crippen LogP) is 3.79. The van der Waals surface area contributed by atoms with Crippen molar-refractivity contribution in [3.8, 4) is 0 Å². The zero-order valence-corrected chi connectivity index (χ0v) is 18.3. The van der Waals surface area contributed by atoms with Crippen LogP contribution in [0.3, 0.4) is 0 Å². The van der Waals surface area contributed by atoms with Crippen molar-refractivity contribution in [2.45, 2.75) is 53.0 Å². The largest absolute Gasteiger partial charge is 0.357 e. The van der Waals surface area contributed by atoms with Crippen LogP contribution in [0.25, 0.3) is 0 Å². The van der Waals surface area contributed by atoms with E-state index in [1.165, 1.54) is 25.7 Å². The van der Waals surface area contributed by atoms with Crippen molar-refractivity contribution in [2.24, 2.45) is 10.9 Å². The molecule has 2 rings (SSSR count). The van der Waals surface area contributed by atoms with E-state index in [9.17, 15) is 0 Å². The molecule has 0 aliphatic carbocycles. The van der Waals surface area contributed by atoms with Crippen molar-refractivity contribution in [1.82, 2.24) is 15.6 Å². The van der Waals surface area contributed by atoms with Crippen LogP contribution in [-0.2, 0) is 6.54 Å². The van der Waals surface area contributed by atoms with Crippen molar-refractivity contribution < 1.29 is 0 Å². The Morgan fingerprint density at radius 3 is 2.44 bits per heavy atom. The number of nitrogens with zero attached hydrogens (tertiary/aromatic N) is 3. The summed E-state index contributed by atoms with van der Waals surface area (Å²) in [6.07, 6.45) is 7.22. The van der Waals surface area contributed by atoms with Gasteiger partial charge in [0.1, 0.15) is 5.82 Å². The quantitative estimate of drug-likeness (QED) is 0.386. The normalized spacial score (nSPS) is 15.5. The molecule has 1 saturated heterocycles. The minimum absolute atomic E-state index is 0. The average Bonchev–Trinajstić information content (AvgIpc) is 2.87. The van der Waals surface area contributed by atoms with Gasteiger partial charge in [-0.05, 0) is 37.3 Å². The van der Waals surface area contributed by atoms with Gasteiger partial charge >= 0.3 is 0 Å². The third-order valence-electron chi connectivity index (χ3n) is 4.18. The molecule has 0 amide bonds. The number of guanidine groups is 1. The van der Waals surface area contributed by atoms with Gasteiger partial charge in [-0.3, -0.25) is 0 Å². The molecular weight excluding hydrogens is 425 g/mol. The van der Waals surface area contributed by atoms with Gasteiger partial charge in [0, 0.05) is 32.4 Å². The Bertz CT molecular complexity index is 493. The van der Waals surface area contributed by atoms with Crippen LogP contribution in [0.15, 0.2) is 23.3 Å². The molecule has 0 radical (unpaired) electrons. The van der Waals surface area contributed by atoms with Crippen LogP contribution in [0, 0.1) is 5.92 Å². The molecular formula is C19H34IN5. The summed E-state index contributed by atoms with van der Waals surface area (Å²) in [7, 11) is 0. The first kappa shape index (κ1) is 22.0. The first-order chi connectivity index (χ1) is 11.7. The number of anilines is 1. The Morgan fingerprint density at radius 1 is 1.16 bits per heavy atom. The zero-order chi connectivity index (χ0) is 17.2. The zero-order valence-electron chi connectivity index (χ0n) is 15.9. The summed E-state index contributed by atoms with van der Waals surface area (Å²) < 4.78 is 0. The molecule has 25 heavy (non-hydrogen) atoms. The van der Waals surface area contributed by atoms with Gasteiger partial charge in [0.2, 0.25) is 0 Å². The van der Waals surface area contributed by atoms with Gasteiger partial charge in [-0.1, -0.05) is 32.8 Å². The van der Waals surface area contributed by atoms with Crippen molar-refractivity contribution in [2.75, 3.05) is 31.1 Å². The summed E-state index contributed by atoms with van der Waals surface area (Å²) in [5.41, 5.74) is 1.15. The fourth-order valence-corrected chi connectivity index (χ4v) is 2.81. The first-order valence-corrected chi connectivity index (χ1v) is 9.41. The van der Waals surface area contributed by atoms with E-state index >= 15 is 0 Å². The summed E-state index contributed by atoms with van der Waals surface area (Å²) in [6, 6.07) is 4.30. The number of aromatic nitrogens is 1. The molecule has 2 heterocycles. The molecule has 0 unspecified atom stereocenters. The van der Waals surface area contributed by atoms with E-state index < -0.39 is 0 Å². The summed E-state index contributed by atoms with van der Waals surface area (Å²) >= 11 is 0. The second kappa shape index (κ2) is 12.3. The van der Waals surface area contributed by atoms with Crippen LogP contribution in [0.4, 0.5) is 5.82 Å². The molecule has 1 aliphatic heterocycles. The molecule has 142 valence electrons. The highest BCUT2D eigenvalue weighted by atomic mass is 127. The summed E-state index contributed by atoms with van der Waals surface area (Å²) in [5.74, 6) is 2.58. The maximum Gasteiger partial charge on any atom is 0.191 e. The average molecular weight is 459 g/mol. The fourth-order valence-electron chi connectivity index (χ4n) is 2.81. The van der Waals surface area contributed by atoms with E-state index in [0.717, 1.165) is 43.5 Å². The number of pyridine rings is 1. The van der Waals surface area contributed by atoms with Gasteiger partial charge in [-0.15, -0.1) is 24.0 Å². The lowest BCUT2D eigenvalue weighted by Gasteiger charge is -2.21. The SMILES string of the molecule is CCNC(=NCc1ccc(N2CCCCCC2)nc1)NCC(C)C.I. The third-order valence-corrected chi connectivity index (χ3v) is 4.18. The molecule has 1 aromatic heterocycles. The Hall–Kier alpha value is -1.05. The van der Waals surface area contributed by atoms with Gasteiger partial charge in [0.05, 0.1) is 6.54 Å². The maximum absolute atomic E-state index is 4.66. The molecule has 0 bridgehead atoms. The van der Waals surface area contributed by atoms with Crippen LogP contribution in [-0.4, -0.2) is 37.1 Å². The van der Waals surface area contributed by atoms with Gasteiger partial charge in [0.15, 0.2) is 5.96 Å². The predicted molar refractivity (Wildman–Crippen MR) is 118 cm³/mol. The number of nitrogens with one attached hydrogen (secondary N) is 2. The lowest BCUT2D eigenvalue weighted by atomic mass is 10.2. The van der Waals surface area contributed by atoms with Crippen molar-refractivity contribution in [3.63, 3.8) is 0 Å². The summed E-state index contributed by atoms with van der Waals surface area (Å²) in [6.45, 7) is 11.2. The maximum atomic E-state index is 4.66. The van der Waals surface area contributed by atoms with Crippen LogP contribution in [0.2, 0.25) is 0 Å². The number of hydrogen-bond donors (Lipinski definition) is 2. The number of aliphatic imine (C=N–C) groups is 1. The topological polar surface area (TPSA) is 52.6 Å². The van der Waals surface area contributed by atoms with Crippen LogP contribution < -0.4 is 15.5 Å². The van der Waals surface area contributed by atoms with Crippen molar-refractivity contribution in [3.05, 3.63) is 23.9 Å². The molecule has 0 spiro atoms. The van der Waals surface area contributed by atoms with Gasteiger partial charge in [0.25, 0.3) is 0 Å². The highest BCUT2D eigenvalue weighted by Crippen LogP contribution is 2.17. The minimum atomic E-state index is 0. The van der Waals surface area contributed by atoms with E-state index in [-0.39, 0.29) is 24.0 Å². The van der Waals surface area contributed by atoms with E-state index in [4.69, 9.17) is 0 Å². The summed E-state index contributed by atoms with van der Waals surface area (Å²) in [5, 5.41) is 6.66. The third kappa shape index (κ3) is 8.25. The van der Waals surface area contributed by atoms with Gasteiger partial charge < -0.3 is 15.5 Å². The number of rotatable bonds is 6. The molecule has 2 N–H and O–H groups in total. The molecule has 1 fully saturated rings. The van der Waals surface area contributed by atoms with Crippen LogP contribution >= 0.6 is 24.0 Å². The van der Waals surface area contributed by atoms with Gasteiger partial charge in [-0.25, -0.2) is 9.98 Å². The molecule has 5 nitrogen and oxygen atoms in total. The Labute approximate surface area is 170 Å². The molecule has 0 atom stereocenters. The standard InChI is InChI=1S/C19H33N5.HI/c1-4-20-19(22-13-16(2)3)23-15-17-9-10-18(21-14-17)24-11-7-5-6-8-12-24;/h9-10,14,16H,4-8,11-13,15H2,1-3H3,(H2,20,22,23);1H. The number of halogens is 1. The fraction of sp³-hybridized carbons (Fsp3) is 0.684. The van der Waals surface area contributed by atoms with E-state index in [0.29, 0.717) is 12.5 Å². The monoisotopic (exact) mass is 459 g/mol. The Kier molecular flexibility index (Phi) is 10.8.